The lowest BCUT2D eigenvalue weighted by Crippen LogP contribution is -2.32. The fraction of sp³-hybridized carbons (Fsp3) is 0.238. The summed E-state index contributed by atoms with van der Waals surface area (Å²) >= 11 is 15.5. The zero-order valence-electron chi connectivity index (χ0n) is 13.9. The fourth-order valence-corrected chi connectivity index (χ4v) is 6.78. The van der Waals surface area contributed by atoms with Crippen LogP contribution in [-0.4, -0.2) is 4.33 Å². The summed E-state index contributed by atoms with van der Waals surface area (Å²) in [5.41, 5.74) is 0.593. The molecule has 5 rings (SSSR count). The zero-order valence-corrected chi connectivity index (χ0v) is 16.2. The molecule has 0 radical (unpaired) electrons. The second kappa shape index (κ2) is 5.25. The van der Waals surface area contributed by atoms with E-state index in [9.17, 15) is 4.39 Å². The van der Waals surface area contributed by atoms with Gasteiger partial charge in [0.25, 0.3) is 0 Å². The summed E-state index contributed by atoms with van der Waals surface area (Å²) in [7, 11) is 0. The van der Waals surface area contributed by atoms with E-state index >= 15 is 0 Å². The van der Waals surface area contributed by atoms with Crippen molar-refractivity contribution < 1.29 is 9.13 Å². The molecule has 1 aliphatic carbocycles. The topological polar surface area (TPSA) is 9.23 Å². The molecule has 1 aromatic heterocycles. The van der Waals surface area contributed by atoms with Crippen molar-refractivity contribution in [1.29, 1.82) is 0 Å². The van der Waals surface area contributed by atoms with Gasteiger partial charge >= 0.3 is 0 Å². The molecule has 0 N–H and O–H groups in total. The Morgan fingerprint density at radius 2 is 1.73 bits per heavy atom. The Kier molecular flexibility index (Phi) is 3.35. The summed E-state index contributed by atoms with van der Waals surface area (Å²) in [5, 5.41) is 2.00. The van der Waals surface area contributed by atoms with Gasteiger partial charge in [-0.3, -0.25) is 0 Å². The molecule has 3 atom stereocenters. The minimum absolute atomic E-state index is 0.106. The molecule has 132 valence electrons. The summed E-state index contributed by atoms with van der Waals surface area (Å²) in [6.07, 6.45) is 0. The minimum atomic E-state index is -1.11. The van der Waals surface area contributed by atoms with Crippen molar-refractivity contribution in [2.75, 3.05) is 0 Å². The standard InChI is InChI=1S/C21H15Cl2FOS/c1-19-18(13-8-10-14(24)11-9-13)15-5-2-3-6-16(15)25-20(19,21(19,22)23)17-7-4-12-26-17/h2-12,18H,1H3/t18-,19-,20-/m0/s1. The highest BCUT2D eigenvalue weighted by Gasteiger charge is 2.92. The normalized spacial score (nSPS) is 30.8. The van der Waals surface area contributed by atoms with E-state index in [-0.39, 0.29) is 11.7 Å². The molecular weight excluding hydrogens is 390 g/mol. The van der Waals surface area contributed by atoms with Crippen LogP contribution in [0.4, 0.5) is 4.39 Å². The van der Waals surface area contributed by atoms with E-state index in [2.05, 4.69) is 6.92 Å². The molecule has 1 aliphatic heterocycles. The summed E-state index contributed by atoms with van der Waals surface area (Å²) in [5.74, 6) is 0.406. The van der Waals surface area contributed by atoms with Crippen LogP contribution in [0.5, 0.6) is 5.75 Å². The first-order valence-corrected chi connectivity index (χ1v) is 10.0. The third-order valence-electron chi connectivity index (χ3n) is 5.91. The highest BCUT2D eigenvalue weighted by Crippen LogP contribution is 2.85. The van der Waals surface area contributed by atoms with E-state index in [0.29, 0.717) is 0 Å². The monoisotopic (exact) mass is 404 g/mol. The Labute approximate surface area is 165 Å². The fourth-order valence-electron chi connectivity index (χ4n) is 4.57. The average molecular weight is 405 g/mol. The molecule has 1 fully saturated rings. The third kappa shape index (κ3) is 1.77. The first kappa shape index (κ1) is 16.6. The molecule has 2 aliphatic rings. The number of alkyl halides is 2. The molecule has 0 saturated heterocycles. The van der Waals surface area contributed by atoms with Crippen LogP contribution in [0.2, 0.25) is 0 Å². The number of thiophene rings is 1. The van der Waals surface area contributed by atoms with Gasteiger partial charge < -0.3 is 4.74 Å². The van der Waals surface area contributed by atoms with E-state index < -0.39 is 15.3 Å². The molecule has 0 amide bonds. The largest absolute Gasteiger partial charge is 0.477 e. The minimum Gasteiger partial charge on any atom is -0.477 e. The first-order valence-electron chi connectivity index (χ1n) is 8.39. The molecule has 2 aromatic carbocycles. The van der Waals surface area contributed by atoms with Gasteiger partial charge in [-0.15, -0.1) is 11.3 Å². The van der Waals surface area contributed by atoms with Crippen molar-refractivity contribution in [2.24, 2.45) is 5.41 Å². The van der Waals surface area contributed by atoms with Crippen LogP contribution in [0, 0.1) is 11.2 Å². The van der Waals surface area contributed by atoms with E-state index in [1.54, 1.807) is 11.3 Å². The maximum atomic E-state index is 13.5. The number of rotatable bonds is 2. The predicted octanol–water partition coefficient (Wildman–Crippen LogP) is 6.50. The Morgan fingerprint density at radius 1 is 1.00 bits per heavy atom. The van der Waals surface area contributed by atoms with Crippen molar-refractivity contribution in [2.45, 2.75) is 22.8 Å². The quantitative estimate of drug-likeness (QED) is 0.442. The molecule has 26 heavy (non-hydrogen) atoms. The molecule has 1 nitrogen and oxygen atoms in total. The Balaban J connectivity index is 1.79. The SMILES string of the molecule is C[C@]12[C@@H](c3ccc(F)cc3)c3ccccc3O[C@]1(c1cccs1)C2(Cl)Cl. The van der Waals surface area contributed by atoms with E-state index in [0.717, 1.165) is 21.8 Å². The van der Waals surface area contributed by atoms with Gasteiger partial charge in [0.1, 0.15) is 11.6 Å². The molecule has 0 unspecified atom stereocenters. The number of hydrogen-bond acceptors (Lipinski definition) is 2. The molecule has 0 spiro atoms. The zero-order chi connectivity index (χ0) is 18.2. The Morgan fingerprint density at radius 3 is 2.42 bits per heavy atom. The maximum absolute atomic E-state index is 13.5. The predicted molar refractivity (Wildman–Crippen MR) is 104 cm³/mol. The van der Waals surface area contributed by atoms with Gasteiger partial charge in [-0.05, 0) is 35.2 Å². The summed E-state index contributed by atoms with van der Waals surface area (Å²) in [6.45, 7) is 2.07. The van der Waals surface area contributed by atoms with E-state index in [4.69, 9.17) is 27.9 Å². The van der Waals surface area contributed by atoms with E-state index in [1.165, 1.54) is 12.1 Å². The smallest absolute Gasteiger partial charge is 0.186 e. The number of para-hydroxylation sites is 1. The van der Waals surface area contributed by atoms with Gasteiger partial charge in [-0.2, -0.15) is 0 Å². The summed E-state index contributed by atoms with van der Waals surface area (Å²) in [4.78, 5) is 1.01. The lowest BCUT2D eigenvalue weighted by atomic mass is 9.75. The van der Waals surface area contributed by atoms with Crippen LogP contribution >= 0.6 is 34.5 Å². The van der Waals surface area contributed by atoms with Crippen LogP contribution in [-0.2, 0) is 5.60 Å². The van der Waals surface area contributed by atoms with Crippen molar-refractivity contribution in [3.05, 3.63) is 87.9 Å². The third-order valence-corrected chi connectivity index (χ3v) is 8.19. The molecule has 2 heterocycles. The number of benzene rings is 2. The van der Waals surface area contributed by atoms with Gasteiger partial charge in [0, 0.05) is 11.5 Å². The van der Waals surface area contributed by atoms with Crippen LogP contribution in [0.25, 0.3) is 0 Å². The van der Waals surface area contributed by atoms with E-state index in [1.807, 2.05) is 53.9 Å². The number of ether oxygens (including phenoxy) is 1. The molecule has 0 bridgehead atoms. The van der Waals surface area contributed by atoms with Crippen LogP contribution < -0.4 is 4.74 Å². The van der Waals surface area contributed by atoms with Crippen LogP contribution in [0.1, 0.15) is 28.8 Å². The Bertz CT molecular complexity index is 986. The highest BCUT2D eigenvalue weighted by atomic mass is 35.5. The van der Waals surface area contributed by atoms with Crippen LogP contribution in [0.15, 0.2) is 66.0 Å². The van der Waals surface area contributed by atoms with Gasteiger partial charge in [0.2, 0.25) is 0 Å². The molecular formula is C21H15Cl2FOS. The summed E-state index contributed by atoms with van der Waals surface area (Å²) in [6, 6.07) is 18.5. The second-order valence-electron chi connectivity index (χ2n) is 7.06. The second-order valence-corrected chi connectivity index (χ2v) is 9.33. The lowest BCUT2D eigenvalue weighted by Gasteiger charge is -2.36. The van der Waals surface area contributed by atoms with Gasteiger partial charge in [-0.25, -0.2) is 4.39 Å². The van der Waals surface area contributed by atoms with Crippen molar-refractivity contribution in [1.82, 2.24) is 0 Å². The molecule has 3 aromatic rings. The van der Waals surface area contributed by atoms with Crippen molar-refractivity contribution >= 4 is 34.5 Å². The Hall–Kier alpha value is -1.55. The van der Waals surface area contributed by atoms with Crippen molar-refractivity contribution in [3.8, 4) is 5.75 Å². The number of hydrogen-bond donors (Lipinski definition) is 0. The number of fused-ring (bicyclic) bond motifs is 2. The number of halogens is 3. The molecule has 5 heteroatoms. The highest BCUT2D eigenvalue weighted by molar-refractivity contribution is 7.10. The van der Waals surface area contributed by atoms with Gasteiger partial charge in [0.15, 0.2) is 9.93 Å². The average Bonchev–Trinajstić information content (AvgIpc) is 3.02. The van der Waals surface area contributed by atoms with Gasteiger partial charge in [-0.1, -0.05) is 66.5 Å². The van der Waals surface area contributed by atoms with Crippen molar-refractivity contribution in [3.63, 3.8) is 0 Å². The molecule has 1 saturated carbocycles. The van der Waals surface area contributed by atoms with Gasteiger partial charge in [0.05, 0.1) is 10.3 Å². The lowest BCUT2D eigenvalue weighted by molar-refractivity contribution is 0.105. The maximum Gasteiger partial charge on any atom is 0.186 e. The first-order chi connectivity index (χ1) is 12.4. The summed E-state index contributed by atoms with van der Waals surface area (Å²) < 4.78 is 18.9. The van der Waals surface area contributed by atoms with Crippen LogP contribution in [0.3, 0.4) is 0 Å².